The number of nitrogens with one attached hydrogen (secondary N) is 1. The van der Waals surface area contributed by atoms with Gasteiger partial charge >= 0.3 is 0 Å². The zero-order valence-corrected chi connectivity index (χ0v) is 8.42. The fourth-order valence-electron chi connectivity index (χ4n) is 1.32. The van der Waals surface area contributed by atoms with E-state index in [4.69, 9.17) is 0 Å². The number of Topliss-reactive ketones (excluding diaryl/α,β-unsaturated/α-hetero) is 1. The van der Waals surface area contributed by atoms with Gasteiger partial charge in [0.05, 0.1) is 6.54 Å². The van der Waals surface area contributed by atoms with E-state index in [0.717, 1.165) is 17.5 Å². The summed E-state index contributed by atoms with van der Waals surface area (Å²) in [6.07, 6.45) is 4.57. The van der Waals surface area contributed by atoms with Crippen molar-refractivity contribution >= 4 is 5.78 Å². The predicted molar refractivity (Wildman–Crippen MR) is 53.1 cm³/mol. The molecular formula is C10H16N2O. The summed E-state index contributed by atoms with van der Waals surface area (Å²) in [6, 6.07) is 0. The van der Waals surface area contributed by atoms with Crippen molar-refractivity contribution in [2.24, 2.45) is 0 Å². The van der Waals surface area contributed by atoms with Crippen molar-refractivity contribution in [1.29, 1.82) is 0 Å². The van der Waals surface area contributed by atoms with Crippen LogP contribution < -0.4 is 0 Å². The molecule has 1 aromatic heterocycles. The van der Waals surface area contributed by atoms with E-state index >= 15 is 0 Å². The number of carbonyl (C=O) groups is 1. The van der Waals surface area contributed by atoms with Gasteiger partial charge in [-0.15, -0.1) is 0 Å². The fourth-order valence-corrected chi connectivity index (χ4v) is 1.32. The van der Waals surface area contributed by atoms with Crippen LogP contribution in [-0.4, -0.2) is 36.3 Å². The minimum Gasteiger partial charge on any atom is -0.367 e. The molecule has 0 fully saturated rings. The van der Waals surface area contributed by atoms with Crippen LogP contribution in [0.25, 0.3) is 0 Å². The molecular weight excluding hydrogens is 164 g/mol. The molecule has 0 atom stereocenters. The Hall–Kier alpha value is -1.09. The summed E-state index contributed by atoms with van der Waals surface area (Å²) in [5.41, 5.74) is 1.93. The van der Waals surface area contributed by atoms with Crippen LogP contribution in [0.15, 0.2) is 12.4 Å². The van der Waals surface area contributed by atoms with Crippen LogP contribution in [0.2, 0.25) is 0 Å². The highest BCUT2D eigenvalue weighted by atomic mass is 16.1. The van der Waals surface area contributed by atoms with Crippen LogP contribution >= 0.6 is 0 Å². The third-order valence-electron chi connectivity index (χ3n) is 1.97. The molecule has 3 heteroatoms. The molecule has 0 unspecified atom stereocenters. The summed E-state index contributed by atoms with van der Waals surface area (Å²) in [4.78, 5) is 16.5. The average Bonchev–Trinajstić information content (AvgIpc) is 2.49. The number of aryl methyl sites for hydroxylation is 1. The summed E-state index contributed by atoms with van der Waals surface area (Å²) in [7, 11) is 3.80. The van der Waals surface area contributed by atoms with E-state index in [1.165, 1.54) is 0 Å². The molecule has 3 nitrogen and oxygen atoms in total. The monoisotopic (exact) mass is 180 g/mol. The molecule has 0 aliphatic heterocycles. The van der Waals surface area contributed by atoms with Crippen molar-refractivity contribution in [1.82, 2.24) is 9.88 Å². The van der Waals surface area contributed by atoms with Gasteiger partial charge in [0.25, 0.3) is 0 Å². The van der Waals surface area contributed by atoms with Crippen LogP contribution in [0, 0.1) is 0 Å². The quantitative estimate of drug-likeness (QED) is 0.709. The van der Waals surface area contributed by atoms with Crippen LogP contribution in [-0.2, 0) is 6.42 Å². The van der Waals surface area contributed by atoms with Gasteiger partial charge in [-0.05, 0) is 26.1 Å². The number of hydrogen-bond acceptors (Lipinski definition) is 2. The number of ketones is 1. The van der Waals surface area contributed by atoms with Crippen LogP contribution in [0.4, 0.5) is 0 Å². The summed E-state index contributed by atoms with van der Waals surface area (Å²) < 4.78 is 0. The molecule has 1 heterocycles. The smallest absolute Gasteiger partial charge is 0.178 e. The number of likely N-dealkylation sites (N-methyl/N-ethyl adjacent to an activating group) is 1. The second-order valence-electron chi connectivity index (χ2n) is 3.41. The van der Waals surface area contributed by atoms with Gasteiger partial charge in [-0.2, -0.15) is 0 Å². The largest absolute Gasteiger partial charge is 0.367 e. The van der Waals surface area contributed by atoms with Gasteiger partial charge in [0.15, 0.2) is 5.78 Å². The van der Waals surface area contributed by atoms with Crippen LogP contribution in [0.1, 0.15) is 22.8 Å². The normalized spacial score (nSPS) is 10.8. The van der Waals surface area contributed by atoms with E-state index in [0.29, 0.717) is 6.54 Å². The molecule has 0 amide bonds. The van der Waals surface area contributed by atoms with Gasteiger partial charge in [-0.1, -0.05) is 6.92 Å². The minimum atomic E-state index is 0.183. The first kappa shape index (κ1) is 9.99. The van der Waals surface area contributed by atoms with Gasteiger partial charge in [-0.25, -0.2) is 0 Å². The van der Waals surface area contributed by atoms with E-state index in [9.17, 15) is 4.79 Å². The first-order valence-electron chi connectivity index (χ1n) is 4.48. The Morgan fingerprint density at radius 2 is 2.15 bits per heavy atom. The van der Waals surface area contributed by atoms with Gasteiger partial charge in [0.2, 0.25) is 0 Å². The number of rotatable bonds is 4. The average molecular weight is 180 g/mol. The van der Waals surface area contributed by atoms with E-state index in [2.05, 4.69) is 11.9 Å². The first-order chi connectivity index (χ1) is 6.15. The van der Waals surface area contributed by atoms with Crippen LogP contribution in [0.3, 0.4) is 0 Å². The maximum Gasteiger partial charge on any atom is 0.178 e. The molecule has 0 spiro atoms. The third-order valence-corrected chi connectivity index (χ3v) is 1.97. The predicted octanol–water partition coefficient (Wildman–Crippen LogP) is 1.32. The van der Waals surface area contributed by atoms with Gasteiger partial charge < -0.3 is 9.88 Å². The van der Waals surface area contributed by atoms with Crippen molar-refractivity contribution in [3.8, 4) is 0 Å². The van der Waals surface area contributed by atoms with Crippen molar-refractivity contribution in [3.05, 3.63) is 23.5 Å². The van der Waals surface area contributed by atoms with Gasteiger partial charge in [-0.3, -0.25) is 4.79 Å². The summed E-state index contributed by atoms with van der Waals surface area (Å²) in [5.74, 6) is 0.183. The SMILES string of the molecule is CCc1c[nH]cc1C(=O)CN(C)C. The molecule has 0 aromatic carbocycles. The molecule has 0 radical (unpaired) electrons. The van der Waals surface area contributed by atoms with Crippen molar-refractivity contribution in [2.75, 3.05) is 20.6 Å². The first-order valence-corrected chi connectivity index (χ1v) is 4.48. The highest BCUT2D eigenvalue weighted by Crippen LogP contribution is 2.09. The lowest BCUT2D eigenvalue weighted by Gasteiger charge is -2.07. The lowest BCUT2D eigenvalue weighted by molar-refractivity contribution is 0.0957. The molecule has 1 rings (SSSR count). The van der Waals surface area contributed by atoms with Crippen molar-refractivity contribution in [3.63, 3.8) is 0 Å². The number of aromatic amines is 1. The lowest BCUT2D eigenvalue weighted by atomic mass is 10.1. The molecule has 72 valence electrons. The summed E-state index contributed by atoms with van der Waals surface area (Å²) in [5, 5.41) is 0. The standard InChI is InChI=1S/C10H16N2O/c1-4-8-5-11-6-9(8)10(13)7-12(2)3/h5-6,11H,4,7H2,1-3H3. The zero-order valence-electron chi connectivity index (χ0n) is 8.42. The number of nitrogens with zero attached hydrogens (tertiary/aromatic N) is 1. The number of aromatic nitrogens is 1. The Morgan fingerprint density at radius 1 is 1.46 bits per heavy atom. The molecule has 0 aliphatic carbocycles. The highest BCUT2D eigenvalue weighted by Gasteiger charge is 2.11. The Balaban J connectivity index is 2.76. The Morgan fingerprint density at radius 3 is 2.69 bits per heavy atom. The lowest BCUT2D eigenvalue weighted by Crippen LogP contribution is -2.22. The highest BCUT2D eigenvalue weighted by molar-refractivity contribution is 5.98. The van der Waals surface area contributed by atoms with Crippen LogP contribution in [0.5, 0.6) is 0 Å². The molecule has 0 aliphatic rings. The molecule has 1 aromatic rings. The van der Waals surface area contributed by atoms with Crippen molar-refractivity contribution < 1.29 is 4.79 Å². The number of carbonyl (C=O) groups excluding carboxylic acids is 1. The second-order valence-corrected chi connectivity index (χ2v) is 3.41. The Labute approximate surface area is 78.8 Å². The van der Waals surface area contributed by atoms with E-state index in [1.807, 2.05) is 25.2 Å². The minimum absolute atomic E-state index is 0.183. The zero-order chi connectivity index (χ0) is 9.84. The van der Waals surface area contributed by atoms with Gasteiger partial charge in [0, 0.05) is 18.0 Å². The Bertz CT molecular complexity index is 289. The maximum atomic E-state index is 11.6. The summed E-state index contributed by atoms with van der Waals surface area (Å²) >= 11 is 0. The fraction of sp³-hybridized carbons (Fsp3) is 0.500. The molecule has 0 saturated heterocycles. The van der Waals surface area contributed by atoms with Crippen molar-refractivity contribution in [2.45, 2.75) is 13.3 Å². The maximum absolute atomic E-state index is 11.6. The van der Waals surface area contributed by atoms with Gasteiger partial charge in [0.1, 0.15) is 0 Å². The number of hydrogen-bond donors (Lipinski definition) is 1. The molecule has 0 bridgehead atoms. The summed E-state index contributed by atoms with van der Waals surface area (Å²) in [6.45, 7) is 2.53. The second kappa shape index (κ2) is 4.23. The molecule has 0 saturated carbocycles. The number of H-pyrrole nitrogens is 1. The Kier molecular flexibility index (Phi) is 3.25. The third kappa shape index (κ3) is 2.42. The van der Waals surface area contributed by atoms with E-state index in [-0.39, 0.29) is 5.78 Å². The van der Waals surface area contributed by atoms with E-state index in [1.54, 1.807) is 6.20 Å². The van der Waals surface area contributed by atoms with E-state index < -0.39 is 0 Å². The molecule has 13 heavy (non-hydrogen) atoms. The molecule has 1 N–H and O–H groups in total. The topological polar surface area (TPSA) is 36.1 Å².